The fraction of sp³-hybridized carbons (Fsp3) is 0.182. The van der Waals surface area contributed by atoms with E-state index in [2.05, 4.69) is 15.0 Å². The lowest BCUT2D eigenvalue weighted by molar-refractivity contribution is 0.0950. The number of amides is 1. The Bertz CT molecular complexity index is 1300. The number of anilines is 1. The number of hydrogen-bond acceptors (Lipinski definition) is 6. The molecule has 3 aromatic rings. The summed E-state index contributed by atoms with van der Waals surface area (Å²) in [4.78, 5) is 18.3. The Labute approximate surface area is 212 Å². The van der Waals surface area contributed by atoms with Gasteiger partial charge in [-0.3, -0.25) is 9.52 Å². The molecule has 0 saturated heterocycles. The number of aromatic nitrogens is 1. The van der Waals surface area contributed by atoms with Gasteiger partial charge in [-0.25, -0.2) is 13.4 Å². The Morgan fingerprint density at radius 3 is 2.53 bits per heavy atom. The van der Waals surface area contributed by atoms with Gasteiger partial charge in [-0.2, -0.15) is 0 Å². The molecule has 1 amide bonds. The first-order valence-corrected chi connectivity index (χ1v) is 12.5. The highest BCUT2D eigenvalue weighted by atomic mass is 35.5. The summed E-state index contributed by atoms with van der Waals surface area (Å²) >= 11 is 17.9. The van der Waals surface area contributed by atoms with Crippen LogP contribution in [0.1, 0.15) is 10.4 Å². The summed E-state index contributed by atoms with van der Waals surface area (Å²) in [6.45, 7) is 1.18. The topological polar surface area (TPSA) is 101 Å². The first-order chi connectivity index (χ1) is 16.0. The zero-order valence-electron chi connectivity index (χ0n) is 18.2. The van der Waals surface area contributed by atoms with Crippen LogP contribution in [0.2, 0.25) is 15.1 Å². The lowest BCUT2D eigenvalue weighted by Gasteiger charge is -2.14. The van der Waals surface area contributed by atoms with Crippen LogP contribution >= 0.6 is 34.8 Å². The van der Waals surface area contributed by atoms with E-state index in [1.54, 1.807) is 18.2 Å². The van der Waals surface area contributed by atoms with Gasteiger partial charge in [-0.15, -0.1) is 0 Å². The monoisotopic (exact) mass is 542 g/mol. The number of benzene rings is 2. The molecule has 180 valence electrons. The molecule has 1 heterocycles. The summed E-state index contributed by atoms with van der Waals surface area (Å²) < 4.78 is 33.9. The van der Waals surface area contributed by atoms with Gasteiger partial charge in [0.2, 0.25) is 5.88 Å². The number of nitrogens with zero attached hydrogens (tertiary/aromatic N) is 2. The number of sulfonamides is 1. The molecule has 0 atom stereocenters. The van der Waals surface area contributed by atoms with E-state index in [4.69, 9.17) is 39.5 Å². The summed E-state index contributed by atoms with van der Waals surface area (Å²) in [5.41, 5.74) is 0.377. The highest BCUT2D eigenvalue weighted by molar-refractivity contribution is 7.92. The van der Waals surface area contributed by atoms with E-state index in [1.807, 2.05) is 19.0 Å². The van der Waals surface area contributed by atoms with Crippen molar-refractivity contribution in [3.05, 3.63) is 75.4 Å². The van der Waals surface area contributed by atoms with E-state index in [0.29, 0.717) is 18.7 Å². The number of carbonyl (C=O) groups excluding carboxylic acids is 1. The second-order valence-corrected chi connectivity index (χ2v) is 10.3. The lowest BCUT2D eigenvalue weighted by atomic mass is 10.2. The summed E-state index contributed by atoms with van der Waals surface area (Å²) in [5.74, 6) is -0.0415. The largest absolute Gasteiger partial charge is 0.437 e. The molecule has 2 N–H and O–H groups in total. The summed E-state index contributed by atoms with van der Waals surface area (Å²) in [7, 11) is -0.243. The SMILES string of the molecule is CN(C)CCNC(=O)c1cccc(Oc2ncc(Cl)cc2NS(=O)(=O)c2ccc(Cl)c(Cl)c2)c1. The number of carbonyl (C=O) groups is 1. The minimum atomic E-state index is -4.06. The number of hydrogen-bond donors (Lipinski definition) is 2. The van der Waals surface area contributed by atoms with Gasteiger partial charge in [0.1, 0.15) is 11.4 Å². The Balaban J connectivity index is 1.83. The molecule has 34 heavy (non-hydrogen) atoms. The van der Waals surface area contributed by atoms with E-state index in [1.165, 1.54) is 36.5 Å². The molecule has 1 aromatic heterocycles. The van der Waals surface area contributed by atoms with Gasteiger partial charge in [0, 0.05) is 24.8 Å². The lowest BCUT2D eigenvalue weighted by Crippen LogP contribution is -2.31. The smallest absolute Gasteiger partial charge is 0.262 e. The fourth-order valence-electron chi connectivity index (χ4n) is 2.74. The van der Waals surface area contributed by atoms with Crippen LogP contribution in [-0.4, -0.2) is 51.4 Å². The maximum Gasteiger partial charge on any atom is 0.262 e. The van der Waals surface area contributed by atoms with E-state index in [-0.39, 0.29) is 43.2 Å². The van der Waals surface area contributed by atoms with Crippen molar-refractivity contribution in [3.63, 3.8) is 0 Å². The third kappa shape index (κ3) is 6.97. The molecule has 2 aromatic carbocycles. The second kappa shape index (κ2) is 11.2. The first-order valence-electron chi connectivity index (χ1n) is 9.89. The molecule has 0 unspecified atom stereocenters. The second-order valence-electron chi connectivity index (χ2n) is 7.38. The van der Waals surface area contributed by atoms with E-state index < -0.39 is 10.0 Å². The Morgan fingerprint density at radius 1 is 1.06 bits per heavy atom. The number of rotatable bonds is 9. The van der Waals surface area contributed by atoms with Crippen molar-refractivity contribution in [3.8, 4) is 11.6 Å². The van der Waals surface area contributed by atoms with Crippen LogP contribution in [0.15, 0.2) is 59.6 Å². The average molecular weight is 544 g/mol. The maximum absolute atomic E-state index is 12.9. The van der Waals surface area contributed by atoms with Gasteiger partial charge in [0.15, 0.2) is 0 Å². The van der Waals surface area contributed by atoms with Crippen LogP contribution in [0.5, 0.6) is 11.6 Å². The summed E-state index contributed by atoms with van der Waals surface area (Å²) in [6.07, 6.45) is 1.31. The molecule has 0 saturated carbocycles. The molecular formula is C22H21Cl3N4O4S. The molecule has 0 spiro atoms. The predicted molar refractivity (Wildman–Crippen MR) is 134 cm³/mol. The highest BCUT2D eigenvalue weighted by Crippen LogP contribution is 2.32. The number of likely N-dealkylation sites (N-methyl/N-ethyl adjacent to an activating group) is 1. The summed E-state index contributed by atoms with van der Waals surface area (Å²) in [5, 5.41) is 3.32. The van der Waals surface area contributed by atoms with Crippen molar-refractivity contribution in [2.45, 2.75) is 4.90 Å². The van der Waals surface area contributed by atoms with Crippen LogP contribution in [-0.2, 0) is 10.0 Å². The zero-order chi connectivity index (χ0) is 24.9. The van der Waals surface area contributed by atoms with Crippen molar-refractivity contribution in [2.75, 3.05) is 31.9 Å². The van der Waals surface area contributed by atoms with Gasteiger partial charge >= 0.3 is 0 Å². The zero-order valence-corrected chi connectivity index (χ0v) is 21.3. The Hall–Kier alpha value is -2.56. The third-order valence-electron chi connectivity index (χ3n) is 4.42. The van der Waals surface area contributed by atoms with Crippen molar-refractivity contribution < 1.29 is 17.9 Å². The molecule has 0 aliphatic heterocycles. The molecule has 3 rings (SSSR count). The average Bonchev–Trinajstić information content (AvgIpc) is 2.77. The highest BCUT2D eigenvalue weighted by Gasteiger charge is 2.20. The minimum Gasteiger partial charge on any atom is -0.437 e. The van der Waals surface area contributed by atoms with E-state index in [0.717, 1.165) is 0 Å². The van der Waals surface area contributed by atoms with Crippen molar-refractivity contribution >= 4 is 56.4 Å². The molecule has 0 aliphatic rings. The van der Waals surface area contributed by atoms with Crippen molar-refractivity contribution in [1.82, 2.24) is 15.2 Å². The number of ether oxygens (including phenoxy) is 1. The number of nitrogens with one attached hydrogen (secondary N) is 2. The van der Waals surface area contributed by atoms with Gasteiger partial charge < -0.3 is 15.0 Å². The molecule has 0 bridgehead atoms. The molecular weight excluding hydrogens is 523 g/mol. The van der Waals surface area contributed by atoms with Crippen LogP contribution in [0.25, 0.3) is 0 Å². The van der Waals surface area contributed by atoms with Crippen LogP contribution in [0.3, 0.4) is 0 Å². The Kier molecular flexibility index (Phi) is 8.62. The van der Waals surface area contributed by atoms with Crippen molar-refractivity contribution in [2.24, 2.45) is 0 Å². The van der Waals surface area contributed by atoms with Crippen molar-refractivity contribution in [1.29, 1.82) is 0 Å². The normalized spacial score (nSPS) is 11.4. The first kappa shape index (κ1) is 26.1. The quantitative estimate of drug-likeness (QED) is 0.397. The maximum atomic E-state index is 12.9. The molecule has 8 nitrogen and oxygen atoms in total. The summed E-state index contributed by atoms with van der Waals surface area (Å²) in [6, 6.07) is 11.7. The van der Waals surface area contributed by atoms with Crippen LogP contribution < -0.4 is 14.8 Å². The fourth-order valence-corrected chi connectivity index (χ4v) is 4.33. The van der Waals surface area contributed by atoms with Gasteiger partial charge in [0.05, 0.1) is 20.0 Å². The Morgan fingerprint density at radius 2 is 1.82 bits per heavy atom. The third-order valence-corrected chi connectivity index (χ3v) is 6.73. The predicted octanol–water partition coefficient (Wildman–Crippen LogP) is 4.93. The standard InChI is InChI=1S/C22H21Cl3N4O4S/c1-29(2)9-8-26-21(30)14-4-3-5-16(10-14)33-22-20(11-15(23)13-27-22)28-34(31,32)17-6-7-18(24)19(25)12-17/h3-7,10-13,28H,8-9H2,1-2H3,(H,26,30). The molecule has 12 heteroatoms. The molecule has 0 aliphatic carbocycles. The minimum absolute atomic E-state index is 0.000546. The number of halogens is 3. The van der Waals surface area contributed by atoms with Gasteiger partial charge in [0.25, 0.3) is 15.9 Å². The van der Waals surface area contributed by atoms with Crippen LogP contribution in [0.4, 0.5) is 5.69 Å². The van der Waals surface area contributed by atoms with Crippen LogP contribution in [0, 0.1) is 0 Å². The van der Waals surface area contributed by atoms with E-state index >= 15 is 0 Å². The van der Waals surface area contributed by atoms with Gasteiger partial charge in [-0.1, -0.05) is 40.9 Å². The van der Waals surface area contributed by atoms with E-state index in [9.17, 15) is 13.2 Å². The van der Waals surface area contributed by atoms with Gasteiger partial charge in [-0.05, 0) is 56.6 Å². The molecule has 0 radical (unpaired) electrons. The molecule has 0 fully saturated rings. The number of pyridine rings is 1.